The van der Waals surface area contributed by atoms with Crippen molar-refractivity contribution in [3.8, 4) is 11.4 Å². The first-order valence-corrected chi connectivity index (χ1v) is 9.74. The van der Waals surface area contributed by atoms with Crippen LogP contribution < -0.4 is 5.14 Å². The summed E-state index contributed by atoms with van der Waals surface area (Å²) in [6, 6.07) is 9.55. The molecule has 25 heavy (non-hydrogen) atoms. The van der Waals surface area contributed by atoms with E-state index in [1.807, 2.05) is 30.3 Å². The third-order valence-electron chi connectivity index (χ3n) is 4.28. The zero-order chi connectivity index (χ0) is 18.0. The van der Waals surface area contributed by atoms with Crippen LogP contribution in [0.15, 0.2) is 36.5 Å². The summed E-state index contributed by atoms with van der Waals surface area (Å²) in [5.41, 5.74) is 1.93. The number of sulfonamides is 1. The molecule has 2 heterocycles. The van der Waals surface area contributed by atoms with E-state index >= 15 is 0 Å². The van der Waals surface area contributed by atoms with Crippen LogP contribution in [-0.4, -0.2) is 48.0 Å². The predicted octanol–water partition coefficient (Wildman–Crippen LogP) is 1.20. The number of aromatic nitrogens is 2. The second-order valence-corrected chi connectivity index (χ2v) is 7.95. The molecule has 1 aliphatic rings. The zero-order valence-corrected chi connectivity index (χ0v) is 14.7. The minimum Gasteiger partial charge on any atom is -0.338 e. The van der Waals surface area contributed by atoms with Crippen LogP contribution in [0.4, 0.5) is 0 Å². The van der Waals surface area contributed by atoms with Crippen molar-refractivity contribution >= 4 is 15.9 Å². The van der Waals surface area contributed by atoms with Crippen LogP contribution in [0.5, 0.6) is 0 Å². The smallest absolute Gasteiger partial charge is 0.257 e. The van der Waals surface area contributed by atoms with E-state index in [1.165, 1.54) is 0 Å². The number of amides is 1. The van der Waals surface area contributed by atoms with E-state index in [0.29, 0.717) is 36.6 Å². The van der Waals surface area contributed by atoms with Crippen molar-refractivity contribution in [3.05, 3.63) is 47.8 Å². The number of aryl methyl sites for hydroxylation is 1. The van der Waals surface area contributed by atoms with Gasteiger partial charge in [0.05, 0.1) is 17.0 Å². The van der Waals surface area contributed by atoms with Crippen molar-refractivity contribution in [2.75, 3.05) is 18.8 Å². The van der Waals surface area contributed by atoms with E-state index in [0.717, 1.165) is 5.56 Å². The Balaban J connectivity index is 1.75. The van der Waals surface area contributed by atoms with Gasteiger partial charge in [0.25, 0.3) is 5.91 Å². The zero-order valence-electron chi connectivity index (χ0n) is 13.9. The van der Waals surface area contributed by atoms with Gasteiger partial charge < -0.3 is 4.90 Å². The Morgan fingerprint density at radius 2 is 2.04 bits per heavy atom. The first kappa shape index (κ1) is 17.5. The Morgan fingerprint density at radius 1 is 1.32 bits per heavy atom. The molecular weight excluding hydrogens is 340 g/mol. The Labute approximate surface area is 146 Å². The molecule has 0 spiro atoms. The Morgan fingerprint density at radius 3 is 2.68 bits per heavy atom. The molecule has 8 heteroatoms. The maximum absolute atomic E-state index is 12.7. The molecule has 0 unspecified atom stereocenters. The molecule has 7 nitrogen and oxygen atoms in total. The summed E-state index contributed by atoms with van der Waals surface area (Å²) in [5.74, 6) is 0.181. The van der Waals surface area contributed by atoms with Gasteiger partial charge in [0.1, 0.15) is 0 Å². The van der Waals surface area contributed by atoms with Gasteiger partial charge >= 0.3 is 0 Å². The van der Waals surface area contributed by atoms with E-state index in [2.05, 4.69) is 9.97 Å². The number of hydrogen-bond acceptors (Lipinski definition) is 5. The number of hydrogen-bond donors (Lipinski definition) is 1. The third-order valence-corrected chi connectivity index (χ3v) is 5.22. The lowest BCUT2D eigenvalue weighted by atomic mass is 10.1. The van der Waals surface area contributed by atoms with Crippen molar-refractivity contribution in [2.24, 2.45) is 11.1 Å². The molecule has 1 aliphatic heterocycles. The van der Waals surface area contributed by atoms with Crippen LogP contribution in [0.1, 0.15) is 22.5 Å². The predicted molar refractivity (Wildman–Crippen MR) is 94.2 cm³/mol. The van der Waals surface area contributed by atoms with Gasteiger partial charge in [-0.05, 0) is 19.3 Å². The average molecular weight is 360 g/mol. The summed E-state index contributed by atoms with van der Waals surface area (Å²) in [6.45, 7) is 2.67. The second kappa shape index (κ2) is 6.89. The maximum Gasteiger partial charge on any atom is 0.257 e. The number of nitrogens with two attached hydrogens (primary N) is 1. The van der Waals surface area contributed by atoms with E-state index in [9.17, 15) is 13.2 Å². The minimum atomic E-state index is -3.53. The molecule has 0 bridgehead atoms. The van der Waals surface area contributed by atoms with E-state index in [1.54, 1.807) is 18.0 Å². The first-order chi connectivity index (χ1) is 11.8. The molecule has 3 rings (SSSR count). The first-order valence-electron chi connectivity index (χ1n) is 8.02. The van der Waals surface area contributed by atoms with Crippen molar-refractivity contribution < 1.29 is 13.2 Å². The highest BCUT2D eigenvalue weighted by atomic mass is 32.2. The summed E-state index contributed by atoms with van der Waals surface area (Å²) < 4.78 is 22.4. The van der Waals surface area contributed by atoms with Crippen molar-refractivity contribution in [1.29, 1.82) is 0 Å². The highest BCUT2D eigenvalue weighted by Crippen LogP contribution is 2.21. The molecule has 0 radical (unpaired) electrons. The van der Waals surface area contributed by atoms with Crippen LogP contribution >= 0.6 is 0 Å². The van der Waals surface area contributed by atoms with Crippen molar-refractivity contribution in [1.82, 2.24) is 14.9 Å². The lowest BCUT2D eigenvalue weighted by Crippen LogP contribution is -2.31. The molecule has 1 saturated heterocycles. The largest absolute Gasteiger partial charge is 0.338 e. The van der Waals surface area contributed by atoms with Gasteiger partial charge in [-0.15, -0.1) is 0 Å². The van der Waals surface area contributed by atoms with Gasteiger partial charge in [-0.1, -0.05) is 30.3 Å². The number of nitrogens with zero attached hydrogens (tertiary/aromatic N) is 3. The lowest BCUT2D eigenvalue weighted by Gasteiger charge is -2.17. The highest BCUT2D eigenvalue weighted by Gasteiger charge is 2.30. The molecule has 0 saturated carbocycles. The van der Waals surface area contributed by atoms with E-state index in [-0.39, 0.29) is 17.6 Å². The number of carbonyl (C=O) groups excluding carboxylic acids is 1. The molecule has 1 fully saturated rings. The fourth-order valence-electron chi connectivity index (χ4n) is 3.06. The number of rotatable bonds is 4. The van der Waals surface area contributed by atoms with Crippen LogP contribution in [-0.2, 0) is 10.0 Å². The summed E-state index contributed by atoms with van der Waals surface area (Å²) in [4.78, 5) is 23.1. The van der Waals surface area contributed by atoms with Crippen LogP contribution in [0.25, 0.3) is 11.4 Å². The molecule has 1 aromatic carbocycles. The van der Waals surface area contributed by atoms with E-state index in [4.69, 9.17) is 5.14 Å². The summed E-state index contributed by atoms with van der Waals surface area (Å²) in [6.07, 6.45) is 2.17. The van der Waals surface area contributed by atoms with Gasteiger partial charge in [-0.3, -0.25) is 4.79 Å². The standard InChI is InChI=1S/C17H20N4O3S/c1-12-15(9-19-16(20-12)14-5-3-2-4-6-14)17(22)21-8-7-13(10-21)11-25(18,23)24/h2-6,9,13H,7-8,10-11H2,1H3,(H2,18,23,24)/t13-/m1/s1. The van der Waals surface area contributed by atoms with Gasteiger partial charge in [0.15, 0.2) is 5.82 Å². The van der Waals surface area contributed by atoms with Gasteiger partial charge in [-0.25, -0.2) is 23.5 Å². The fraction of sp³-hybridized carbons (Fsp3) is 0.353. The third kappa shape index (κ3) is 4.21. The quantitative estimate of drug-likeness (QED) is 0.882. The number of carbonyl (C=O) groups is 1. The summed E-state index contributed by atoms with van der Waals surface area (Å²) >= 11 is 0. The summed E-state index contributed by atoms with van der Waals surface area (Å²) in [7, 11) is -3.53. The van der Waals surface area contributed by atoms with Crippen LogP contribution in [0.2, 0.25) is 0 Å². The number of benzene rings is 1. The SMILES string of the molecule is Cc1nc(-c2ccccc2)ncc1C(=O)N1CC[C@@H](CS(N)(=O)=O)C1. The molecule has 2 N–H and O–H groups in total. The summed E-state index contributed by atoms with van der Waals surface area (Å²) in [5, 5.41) is 5.09. The molecule has 132 valence electrons. The molecular formula is C17H20N4O3S. The Bertz CT molecular complexity index is 884. The lowest BCUT2D eigenvalue weighted by molar-refractivity contribution is 0.0786. The number of primary sulfonamides is 1. The topological polar surface area (TPSA) is 106 Å². The van der Waals surface area contributed by atoms with Crippen LogP contribution in [0, 0.1) is 12.8 Å². The molecule has 1 amide bonds. The molecule has 1 atom stereocenters. The second-order valence-electron chi connectivity index (χ2n) is 6.29. The Hall–Kier alpha value is -2.32. The Kier molecular flexibility index (Phi) is 4.82. The van der Waals surface area contributed by atoms with Gasteiger partial charge in [-0.2, -0.15) is 0 Å². The monoisotopic (exact) mass is 360 g/mol. The van der Waals surface area contributed by atoms with Gasteiger partial charge in [0.2, 0.25) is 10.0 Å². The molecule has 2 aromatic rings. The van der Waals surface area contributed by atoms with Crippen molar-refractivity contribution in [2.45, 2.75) is 13.3 Å². The van der Waals surface area contributed by atoms with Crippen molar-refractivity contribution in [3.63, 3.8) is 0 Å². The van der Waals surface area contributed by atoms with Crippen LogP contribution in [0.3, 0.4) is 0 Å². The van der Waals surface area contributed by atoms with E-state index < -0.39 is 10.0 Å². The average Bonchev–Trinajstić information content (AvgIpc) is 3.01. The normalized spacial score (nSPS) is 17.7. The molecule has 0 aliphatic carbocycles. The fourth-order valence-corrected chi connectivity index (χ4v) is 3.98. The maximum atomic E-state index is 12.7. The van der Waals surface area contributed by atoms with Gasteiger partial charge in [0, 0.05) is 24.8 Å². The molecule has 1 aromatic heterocycles. The highest BCUT2D eigenvalue weighted by molar-refractivity contribution is 7.89. The minimum absolute atomic E-state index is 0.0980. The number of likely N-dealkylation sites (tertiary alicyclic amines) is 1.